The maximum absolute atomic E-state index is 12.0. The maximum Gasteiger partial charge on any atom is 0.321 e. The van der Waals surface area contributed by atoms with E-state index in [-0.39, 0.29) is 35.9 Å². The molecule has 0 atom stereocenters. The van der Waals surface area contributed by atoms with Crippen molar-refractivity contribution in [3.63, 3.8) is 0 Å². The molecule has 1 aliphatic rings. The van der Waals surface area contributed by atoms with Crippen LogP contribution in [0.15, 0.2) is 12.1 Å². The Morgan fingerprint density at radius 1 is 1.44 bits per heavy atom. The summed E-state index contributed by atoms with van der Waals surface area (Å²) >= 11 is 0. The van der Waals surface area contributed by atoms with Gasteiger partial charge >= 0.3 is 5.82 Å². The lowest BCUT2D eigenvalue weighted by atomic mass is 10.1. The molecule has 2 rings (SSSR count). The molecule has 1 amide bonds. The summed E-state index contributed by atoms with van der Waals surface area (Å²) in [4.78, 5) is 26.1. The summed E-state index contributed by atoms with van der Waals surface area (Å²) in [7, 11) is 0. The standard InChI is InChI=1S/C10H14N4O3.ClH/c11-7-3-5-13(6-4-7)10(15)8-1-2-9(12-8)14(16)17;/h1-2,7,12H,3-6,11H2;1H. The zero-order chi connectivity index (χ0) is 12.4. The number of nitrogens with one attached hydrogen (secondary N) is 1. The van der Waals surface area contributed by atoms with E-state index in [0.717, 1.165) is 12.8 Å². The number of H-pyrrole nitrogens is 1. The van der Waals surface area contributed by atoms with E-state index in [1.54, 1.807) is 4.90 Å². The SMILES string of the molecule is Cl.NC1CCN(C(=O)c2ccc([N+](=O)[O-])[nH]2)CC1. The molecule has 2 heterocycles. The molecule has 1 aromatic heterocycles. The van der Waals surface area contributed by atoms with Gasteiger partial charge in [-0.1, -0.05) is 0 Å². The average molecular weight is 275 g/mol. The Bertz CT molecular complexity index is 440. The number of hydrogen-bond acceptors (Lipinski definition) is 4. The van der Waals surface area contributed by atoms with Crippen LogP contribution in [0.2, 0.25) is 0 Å². The van der Waals surface area contributed by atoms with Crippen LogP contribution in [-0.4, -0.2) is 39.8 Å². The normalized spacial score (nSPS) is 16.2. The zero-order valence-electron chi connectivity index (χ0n) is 9.67. The molecule has 0 spiro atoms. The Hall–Kier alpha value is -1.60. The number of rotatable bonds is 2. The molecule has 1 aliphatic heterocycles. The van der Waals surface area contributed by atoms with Gasteiger partial charge in [0.15, 0.2) is 5.69 Å². The quantitative estimate of drug-likeness (QED) is 0.617. The highest BCUT2D eigenvalue weighted by molar-refractivity contribution is 5.93. The van der Waals surface area contributed by atoms with E-state index in [9.17, 15) is 14.9 Å². The van der Waals surface area contributed by atoms with Crippen LogP contribution < -0.4 is 5.73 Å². The van der Waals surface area contributed by atoms with Crippen molar-refractivity contribution in [3.8, 4) is 0 Å². The molecule has 1 fully saturated rings. The molecule has 18 heavy (non-hydrogen) atoms. The van der Waals surface area contributed by atoms with Crippen molar-refractivity contribution >= 4 is 24.1 Å². The maximum atomic E-state index is 12.0. The molecule has 3 N–H and O–H groups in total. The van der Waals surface area contributed by atoms with Crippen LogP contribution in [-0.2, 0) is 0 Å². The topological polar surface area (TPSA) is 105 Å². The lowest BCUT2D eigenvalue weighted by Crippen LogP contribution is -2.42. The van der Waals surface area contributed by atoms with Crippen LogP contribution in [0.3, 0.4) is 0 Å². The Balaban J connectivity index is 0.00000162. The highest BCUT2D eigenvalue weighted by Crippen LogP contribution is 2.15. The second kappa shape index (κ2) is 5.83. The molecule has 7 nitrogen and oxygen atoms in total. The van der Waals surface area contributed by atoms with Crippen LogP contribution in [0.5, 0.6) is 0 Å². The van der Waals surface area contributed by atoms with Gasteiger partial charge < -0.3 is 20.7 Å². The van der Waals surface area contributed by atoms with Gasteiger partial charge in [-0.05, 0) is 23.8 Å². The highest BCUT2D eigenvalue weighted by atomic mass is 35.5. The van der Waals surface area contributed by atoms with Gasteiger partial charge in [0.1, 0.15) is 0 Å². The predicted molar refractivity (Wildman–Crippen MR) is 67.8 cm³/mol. The average Bonchev–Trinajstić information content (AvgIpc) is 2.78. The summed E-state index contributed by atoms with van der Waals surface area (Å²) in [6.45, 7) is 1.21. The predicted octanol–water partition coefficient (Wildman–Crippen LogP) is 0.908. The number of aromatic nitrogens is 1. The van der Waals surface area contributed by atoms with E-state index < -0.39 is 4.92 Å². The van der Waals surface area contributed by atoms with Gasteiger partial charge in [-0.15, -0.1) is 12.4 Å². The van der Waals surface area contributed by atoms with Crippen LogP contribution in [0.1, 0.15) is 23.3 Å². The first-order chi connectivity index (χ1) is 8.08. The van der Waals surface area contributed by atoms with E-state index in [1.807, 2.05) is 0 Å². The number of aromatic amines is 1. The summed E-state index contributed by atoms with van der Waals surface area (Å²) in [6.07, 6.45) is 1.54. The monoisotopic (exact) mass is 274 g/mol. The second-order valence-electron chi connectivity index (χ2n) is 4.14. The molecule has 8 heteroatoms. The van der Waals surface area contributed by atoms with Crippen molar-refractivity contribution in [2.24, 2.45) is 5.73 Å². The van der Waals surface area contributed by atoms with Crippen molar-refractivity contribution in [2.45, 2.75) is 18.9 Å². The zero-order valence-corrected chi connectivity index (χ0v) is 10.5. The molecular formula is C10H15ClN4O3. The summed E-state index contributed by atoms with van der Waals surface area (Å²) in [5.74, 6) is -0.368. The summed E-state index contributed by atoms with van der Waals surface area (Å²) in [5.41, 5.74) is 6.00. The van der Waals surface area contributed by atoms with Gasteiger partial charge in [0.2, 0.25) is 0 Å². The first-order valence-electron chi connectivity index (χ1n) is 5.46. The third-order valence-corrected chi connectivity index (χ3v) is 2.92. The van der Waals surface area contributed by atoms with Gasteiger partial charge in [-0.25, -0.2) is 4.98 Å². The fourth-order valence-electron chi connectivity index (χ4n) is 1.89. The fourth-order valence-corrected chi connectivity index (χ4v) is 1.89. The molecule has 1 aromatic rings. The van der Waals surface area contributed by atoms with Crippen molar-refractivity contribution < 1.29 is 9.72 Å². The van der Waals surface area contributed by atoms with Crippen LogP contribution in [0, 0.1) is 10.1 Å². The summed E-state index contributed by atoms with van der Waals surface area (Å²) in [5, 5.41) is 10.5. The summed E-state index contributed by atoms with van der Waals surface area (Å²) < 4.78 is 0. The molecule has 0 aliphatic carbocycles. The lowest BCUT2D eigenvalue weighted by molar-refractivity contribution is -0.389. The number of halogens is 1. The largest absolute Gasteiger partial charge is 0.358 e. The lowest BCUT2D eigenvalue weighted by Gasteiger charge is -2.29. The minimum Gasteiger partial charge on any atom is -0.358 e. The minimum atomic E-state index is -0.553. The number of nitrogens with two attached hydrogens (primary N) is 1. The third-order valence-electron chi connectivity index (χ3n) is 2.92. The fraction of sp³-hybridized carbons (Fsp3) is 0.500. The molecule has 0 unspecified atom stereocenters. The number of nitro groups is 1. The molecule has 100 valence electrons. The molecular weight excluding hydrogens is 260 g/mol. The summed E-state index contributed by atoms with van der Waals surface area (Å²) in [6, 6.07) is 2.88. The molecule has 0 saturated carbocycles. The van der Waals surface area contributed by atoms with Gasteiger partial charge in [-0.3, -0.25) is 4.79 Å². The number of amides is 1. The number of nitrogens with zero attached hydrogens (tertiary/aromatic N) is 2. The van der Waals surface area contributed by atoms with Crippen LogP contribution >= 0.6 is 12.4 Å². The van der Waals surface area contributed by atoms with E-state index in [2.05, 4.69) is 4.98 Å². The number of likely N-dealkylation sites (tertiary alicyclic amines) is 1. The molecule has 0 radical (unpaired) electrons. The number of hydrogen-bond donors (Lipinski definition) is 2. The van der Waals surface area contributed by atoms with Crippen LogP contribution in [0.25, 0.3) is 0 Å². The first kappa shape index (κ1) is 14.5. The van der Waals surface area contributed by atoms with Gasteiger partial charge in [0.25, 0.3) is 5.91 Å². The minimum absolute atomic E-state index is 0. The third kappa shape index (κ3) is 2.99. The van der Waals surface area contributed by atoms with E-state index in [0.29, 0.717) is 13.1 Å². The first-order valence-corrected chi connectivity index (χ1v) is 5.46. The number of carbonyl (C=O) groups excluding carboxylic acids is 1. The highest BCUT2D eigenvalue weighted by Gasteiger charge is 2.25. The van der Waals surface area contributed by atoms with Crippen molar-refractivity contribution in [2.75, 3.05) is 13.1 Å². The molecule has 0 bridgehead atoms. The van der Waals surface area contributed by atoms with Crippen molar-refractivity contribution in [1.29, 1.82) is 0 Å². The number of carbonyl (C=O) groups is 1. The molecule has 1 saturated heterocycles. The van der Waals surface area contributed by atoms with E-state index >= 15 is 0 Å². The Kier molecular flexibility index (Phi) is 4.69. The van der Waals surface area contributed by atoms with Gasteiger partial charge in [0, 0.05) is 25.2 Å². The second-order valence-corrected chi connectivity index (χ2v) is 4.14. The Labute approximate surface area is 110 Å². The van der Waals surface area contributed by atoms with Crippen molar-refractivity contribution in [3.05, 3.63) is 27.9 Å². The van der Waals surface area contributed by atoms with Crippen molar-refractivity contribution in [1.82, 2.24) is 9.88 Å². The molecule has 0 aromatic carbocycles. The number of piperidine rings is 1. The van der Waals surface area contributed by atoms with E-state index in [1.165, 1.54) is 12.1 Å². The smallest absolute Gasteiger partial charge is 0.321 e. The Morgan fingerprint density at radius 3 is 2.56 bits per heavy atom. The Morgan fingerprint density at radius 2 is 2.06 bits per heavy atom. The van der Waals surface area contributed by atoms with Gasteiger partial charge in [0.05, 0.1) is 0 Å². The van der Waals surface area contributed by atoms with Crippen LogP contribution in [0.4, 0.5) is 5.82 Å². The van der Waals surface area contributed by atoms with E-state index in [4.69, 9.17) is 5.73 Å². The van der Waals surface area contributed by atoms with Gasteiger partial charge in [-0.2, -0.15) is 0 Å².